The highest BCUT2D eigenvalue weighted by atomic mass is 16.6. The number of esters is 1. The Morgan fingerprint density at radius 3 is 2.49 bits per heavy atom. The summed E-state index contributed by atoms with van der Waals surface area (Å²) in [6.07, 6.45) is 7.58. The number of hydrogen-bond donors (Lipinski definition) is 0. The average Bonchev–Trinajstić information content (AvgIpc) is 3.66. The van der Waals surface area contributed by atoms with E-state index in [4.69, 9.17) is 14.2 Å². The van der Waals surface area contributed by atoms with Crippen LogP contribution in [0.1, 0.15) is 91.2 Å². The van der Waals surface area contributed by atoms with Crippen LogP contribution in [0.2, 0.25) is 0 Å². The number of benzene rings is 1. The highest BCUT2D eigenvalue weighted by Crippen LogP contribution is 2.46. The van der Waals surface area contributed by atoms with Crippen molar-refractivity contribution in [3.8, 4) is 0 Å². The number of carbonyl (C=O) groups excluding carboxylic acids is 2. The molecule has 0 unspecified atom stereocenters. The summed E-state index contributed by atoms with van der Waals surface area (Å²) in [5.74, 6) is 0.117. The fourth-order valence-corrected chi connectivity index (χ4v) is 5.78. The predicted octanol–water partition coefficient (Wildman–Crippen LogP) is 6.14. The third kappa shape index (κ3) is 5.72. The molecule has 0 radical (unpaired) electrons. The molecule has 0 amide bonds. The fraction of sp³-hybridized carbons (Fsp3) is 0.516. The van der Waals surface area contributed by atoms with Gasteiger partial charge in [-0.2, -0.15) is 0 Å². The highest BCUT2D eigenvalue weighted by molar-refractivity contribution is 5.94. The number of likely N-dealkylation sites (tertiary alicyclic amines) is 1. The molecule has 5 rings (SSSR count). The van der Waals surface area contributed by atoms with Crippen molar-refractivity contribution in [3.05, 3.63) is 64.6 Å². The number of aromatic nitrogens is 2. The first-order valence-corrected chi connectivity index (χ1v) is 13.8. The molecule has 0 N–H and O–H groups in total. The van der Waals surface area contributed by atoms with E-state index in [0.29, 0.717) is 11.6 Å². The maximum absolute atomic E-state index is 13.1. The molecule has 1 saturated carbocycles. The van der Waals surface area contributed by atoms with Crippen molar-refractivity contribution in [1.82, 2.24) is 14.5 Å². The molecule has 1 saturated heterocycles. The van der Waals surface area contributed by atoms with Gasteiger partial charge in [0.2, 0.25) is 0 Å². The van der Waals surface area contributed by atoms with Crippen LogP contribution in [0.3, 0.4) is 0 Å². The van der Waals surface area contributed by atoms with Crippen LogP contribution >= 0.6 is 0 Å². The second kappa shape index (κ2) is 10.7. The molecule has 1 aliphatic carbocycles. The number of ether oxygens (including phenoxy) is 3. The van der Waals surface area contributed by atoms with Gasteiger partial charge in [-0.25, -0.2) is 14.6 Å². The summed E-state index contributed by atoms with van der Waals surface area (Å²) in [5, 5.41) is 1.11. The lowest BCUT2D eigenvalue weighted by Crippen LogP contribution is -2.39. The monoisotopic (exact) mass is 533 g/mol. The van der Waals surface area contributed by atoms with E-state index in [1.54, 1.807) is 23.9 Å². The average molecular weight is 534 g/mol. The van der Waals surface area contributed by atoms with E-state index in [1.807, 2.05) is 33.0 Å². The number of carbonyl (C=O) groups is 2. The molecule has 208 valence electrons. The minimum atomic E-state index is -0.575. The molecule has 2 atom stereocenters. The molecule has 0 spiro atoms. The van der Waals surface area contributed by atoms with Gasteiger partial charge >= 0.3 is 12.1 Å². The van der Waals surface area contributed by atoms with Crippen molar-refractivity contribution in [2.45, 2.75) is 83.6 Å². The van der Waals surface area contributed by atoms with Gasteiger partial charge in [0.25, 0.3) is 0 Å². The van der Waals surface area contributed by atoms with Crippen LogP contribution in [0.5, 0.6) is 0 Å². The molecule has 0 bridgehead atoms. The molecule has 3 heterocycles. The zero-order valence-electron chi connectivity index (χ0n) is 23.8. The van der Waals surface area contributed by atoms with Crippen molar-refractivity contribution in [1.29, 1.82) is 0 Å². The Balaban J connectivity index is 1.53. The van der Waals surface area contributed by atoms with Crippen LogP contribution in [-0.4, -0.2) is 59.0 Å². The van der Waals surface area contributed by atoms with Gasteiger partial charge in [-0.1, -0.05) is 12.1 Å². The Kier molecular flexibility index (Phi) is 7.53. The Morgan fingerprint density at radius 2 is 1.87 bits per heavy atom. The first-order valence-electron chi connectivity index (χ1n) is 13.8. The molecule has 2 fully saturated rings. The largest absolute Gasteiger partial charge is 0.464 e. The van der Waals surface area contributed by atoms with Gasteiger partial charge in [0.1, 0.15) is 11.3 Å². The molecule has 39 heavy (non-hydrogen) atoms. The standard InChI is InChI=1S/C31H39N3O5/c1-19-15-24(20-7-8-20)25(23-12-14-34(28(19)23)30(36)39-31(2,3)4)18-33-13-11-22(37-5)16-27(33)21-9-10-26(32-17-21)29(35)38-6/h9-10,12,14-15,17,20,22,27H,7-8,11,13,16,18H2,1-6H3/t22-,27-/m0/s1. The van der Waals surface area contributed by atoms with Gasteiger partial charge in [0.05, 0.1) is 18.7 Å². The van der Waals surface area contributed by atoms with Gasteiger partial charge in [0, 0.05) is 44.0 Å². The zero-order chi connectivity index (χ0) is 27.9. The maximum atomic E-state index is 13.1. The summed E-state index contributed by atoms with van der Waals surface area (Å²) in [4.78, 5) is 31.9. The lowest BCUT2D eigenvalue weighted by Gasteiger charge is -2.39. The van der Waals surface area contributed by atoms with Crippen LogP contribution in [0.25, 0.3) is 10.9 Å². The summed E-state index contributed by atoms with van der Waals surface area (Å²) in [6.45, 7) is 9.36. The first-order chi connectivity index (χ1) is 18.6. The van der Waals surface area contributed by atoms with E-state index in [1.165, 1.54) is 31.1 Å². The van der Waals surface area contributed by atoms with E-state index in [2.05, 4.69) is 28.9 Å². The van der Waals surface area contributed by atoms with Crippen molar-refractivity contribution >= 4 is 23.0 Å². The number of aryl methyl sites for hydroxylation is 1. The number of piperidine rings is 1. The number of methoxy groups -OCH3 is 2. The highest BCUT2D eigenvalue weighted by Gasteiger charge is 2.34. The smallest absolute Gasteiger partial charge is 0.418 e. The topological polar surface area (TPSA) is 82.9 Å². The molecule has 8 heteroatoms. The maximum Gasteiger partial charge on any atom is 0.418 e. The summed E-state index contributed by atoms with van der Waals surface area (Å²) in [5.41, 5.74) is 5.43. The molecular weight excluding hydrogens is 494 g/mol. The molecule has 1 aliphatic heterocycles. The first kappa shape index (κ1) is 27.3. The Bertz CT molecular complexity index is 1370. The summed E-state index contributed by atoms with van der Waals surface area (Å²) in [7, 11) is 3.13. The second-order valence-corrected chi connectivity index (χ2v) is 11.8. The van der Waals surface area contributed by atoms with Gasteiger partial charge in [-0.05, 0) is 93.7 Å². The molecule has 8 nitrogen and oxygen atoms in total. The molecule has 3 aromatic rings. The normalized spacial score (nSPS) is 20.3. The number of fused-ring (bicyclic) bond motifs is 1. The van der Waals surface area contributed by atoms with Crippen LogP contribution in [0, 0.1) is 6.92 Å². The number of hydrogen-bond acceptors (Lipinski definition) is 7. The Labute approximate surface area is 230 Å². The van der Waals surface area contributed by atoms with E-state index in [-0.39, 0.29) is 18.2 Å². The molecular formula is C31H39N3O5. The van der Waals surface area contributed by atoms with Crippen LogP contribution in [0.15, 0.2) is 36.7 Å². The minimum Gasteiger partial charge on any atom is -0.464 e. The van der Waals surface area contributed by atoms with Crippen LogP contribution < -0.4 is 0 Å². The van der Waals surface area contributed by atoms with Gasteiger partial charge in [-0.15, -0.1) is 0 Å². The summed E-state index contributed by atoms with van der Waals surface area (Å²) >= 11 is 0. The van der Waals surface area contributed by atoms with E-state index in [0.717, 1.165) is 48.0 Å². The van der Waals surface area contributed by atoms with Crippen molar-refractivity contribution in [3.63, 3.8) is 0 Å². The summed E-state index contributed by atoms with van der Waals surface area (Å²) < 4.78 is 18.0. The third-order valence-electron chi connectivity index (χ3n) is 7.84. The number of pyridine rings is 1. The van der Waals surface area contributed by atoms with Gasteiger partial charge in [0.15, 0.2) is 0 Å². The van der Waals surface area contributed by atoms with E-state index in [9.17, 15) is 9.59 Å². The zero-order valence-corrected chi connectivity index (χ0v) is 23.8. The second-order valence-electron chi connectivity index (χ2n) is 11.8. The Morgan fingerprint density at radius 1 is 1.10 bits per heavy atom. The van der Waals surface area contributed by atoms with Crippen LogP contribution in [-0.2, 0) is 20.8 Å². The lowest BCUT2D eigenvalue weighted by molar-refractivity contribution is 0.00677. The van der Waals surface area contributed by atoms with E-state index >= 15 is 0 Å². The summed E-state index contributed by atoms with van der Waals surface area (Å²) in [6, 6.07) is 8.13. The SMILES string of the molecule is COC(=O)c1ccc([C@@H]2C[C@@H](OC)CCN2Cc2c(C3CC3)cc(C)c3c2ccn3C(=O)OC(C)(C)C)cn1. The van der Waals surface area contributed by atoms with Crippen molar-refractivity contribution in [2.75, 3.05) is 20.8 Å². The van der Waals surface area contributed by atoms with Crippen molar-refractivity contribution in [2.24, 2.45) is 0 Å². The van der Waals surface area contributed by atoms with Crippen molar-refractivity contribution < 1.29 is 23.8 Å². The van der Waals surface area contributed by atoms with Gasteiger partial charge in [-0.3, -0.25) is 9.47 Å². The predicted molar refractivity (Wildman–Crippen MR) is 149 cm³/mol. The van der Waals surface area contributed by atoms with Gasteiger partial charge < -0.3 is 14.2 Å². The number of rotatable bonds is 6. The lowest BCUT2D eigenvalue weighted by atomic mass is 9.91. The Hall–Kier alpha value is -3.23. The number of nitrogens with zero attached hydrogens (tertiary/aromatic N) is 3. The molecule has 2 aliphatic rings. The minimum absolute atomic E-state index is 0.0826. The van der Waals surface area contributed by atoms with E-state index < -0.39 is 11.6 Å². The quantitative estimate of drug-likeness (QED) is 0.352. The molecule has 1 aromatic carbocycles. The fourth-order valence-electron chi connectivity index (χ4n) is 5.78. The molecule has 2 aromatic heterocycles. The third-order valence-corrected chi connectivity index (χ3v) is 7.84. The van der Waals surface area contributed by atoms with Crippen LogP contribution in [0.4, 0.5) is 4.79 Å².